The Morgan fingerprint density at radius 2 is 1.70 bits per heavy atom. The largest absolute Gasteiger partial charge is 0.481 e. The van der Waals surface area contributed by atoms with Crippen molar-refractivity contribution in [3.8, 4) is 6.07 Å². The van der Waals surface area contributed by atoms with Crippen molar-refractivity contribution in [1.29, 1.82) is 5.26 Å². The van der Waals surface area contributed by atoms with Crippen LogP contribution < -0.4 is 5.32 Å². The Morgan fingerprint density at radius 1 is 1.09 bits per heavy atom. The molecule has 0 bridgehead atoms. The third kappa shape index (κ3) is 3.51. The molecule has 0 heterocycles. The van der Waals surface area contributed by atoms with Crippen molar-refractivity contribution < 1.29 is 9.90 Å². The van der Waals surface area contributed by atoms with Gasteiger partial charge in [0.25, 0.3) is 0 Å². The molecule has 0 aromatic heterocycles. The smallest absolute Gasteiger partial charge is 0.307 e. The lowest BCUT2D eigenvalue weighted by atomic mass is 9.97. The minimum Gasteiger partial charge on any atom is -0.481 e. The van der Waals surface area contributed by atoms with Crippen molar-refractivity contribution in [3.05, 3.63) is 65.2 Å². The molecule has 3 rings (SSSR count). The molecule has 0 aliphatic heterocycles. The molecule has 0 radical (unpaired) electrons. The number of nitrogens with zero attached hydrogens (tertiary/aromatic N) is 1. The predicted molar refractivity (Wildman–Crippen MR) is 88.1 cm³/mol. The maximum atomic E-state index is 10.7. The standard InChI is InChI=1S/C19H18N2O2/c20-13-19(9-10-19)16-5-1-15(2-6-16)12-21-17-7-3-14(4-8-17)11-18(22)23/h1-8,21H,9-12H2,(H,22,23). The first kappa shape index (κ1) is 15.1. The Balaban J connectivity index is 1.58. The Bertz CT molecular complexity index is 738. The van der Waals surface area contributed by atoms with Gasteiger partial charge >= 0.3 is 5.97 Å². The first-order valence-electron chi connectivity index (χ1n) is 7.67. The Morgan fingerprint density at radius 3 is 2.22 bits per heavy atom. The first-order chi connectivity index (χ1) is 11.1. The average molecular weight is 306 g/mol. The molecule has 0 saturated heterocycles. The van der Waals surface area contributed by atoms with Crippen LogP contribution in [0, 0.1) is 11.3 Å². The summed E-state index contributed by atoms with van der Waals surface area (Å²) < 4.78 is 0. The zero-order valence-electron chi connectivity index (χ0n) is 12.7. The highest BCUT2D eigenvalue weighted by Gasteiger charge is 2.44. The number of hydrogen-bond donors (Lipinski definition) is 2. The minimum atomic E-state index is -0.823. The number of nitriles is 1. The highest BCUT2D eigenvalue weighted by Crippen LogP contribution is 2.47. The number of rotatable bonds is 6. The molecule has 0 amide bonds. The molecule has 2 aromatic rings. The lowest BCUT2D eigenvalue weighted by Crippen LogP contribution is -2.04. The van der Waals surface area contributed by atoms with Gasteiger partial charge in [0, 0.05) is 12.2 Å². The van der Waals surface area contributed by atoms with E-state index in [9.17, 15) is 10.1 Å². The zero-order valence-corrected chi connectivity index (χ0v) is 12.7. The van der Waals surface area contributed by atoms with Crippen LogP contribution in [0.1, 0.15) is 29.5 Å². The summed E-state index contributed by atoms with van der Waals surface area (Å²) in [4.78, 5) is 10.7. The number of benzene rings is 2. The summed E-state index contributed by atoms with van der Waals surface area (Å²) in [5.74, 6) is -0.823. The summed E-state index contributed by atoms with van der Waals surface area (Å²) in [7, 11) is 0. The number of aliphatic carboxylic acids is 1. The molecule has 116 valence electrons. The summed E-state index contributed by atoms with van der Waals surface area (Å²) >= 11 is 0. The van der Waals surface area contributed by atoms with Crippen LogP contribution in [0.2, 0.25) is 0 Å². The van der Waals surface area contributed by atoms with Crippen molar-refractivity contribution in [2.24, 2.45) is 0 Å². The van der Waals surface area contributed by atoms with Gasteiger partial charge in [-0.1, -0.05) is 36.4 Å². The number of anilines is 1. The normalized spacial score (nSPS) is 14.7. The summed E-state index contributed by atoms with van der Waals surface area (Å²) in [5.41, 5.74) is 3.78. The van der Waals surface area contributed by atoms with Gasteiger partial charge in [0.15, 0.2) is 0 Å². The molecular weight excluding hydrogens is 288 g/mol. The second-order valence-corrected chi connectivity index (χ2v) is 6.01. The van der Waals surface area contributed by atoms with Crippen LogP contribution >= 0.6 is 0 Å². The third-order valence-electron chi connectivity index (χ3n) is 4.28. The lowest BCUT2D eigenvalue weighted by molar-refractivity contribution is -0.136. The second-order valence-electron chi connectivity index (χ2n) is 6.01. The quantitative estimate of drug-likeness (QED) is 0.857. The van der Waals surface area contributed by atoms with Gasteiger partial charge in [-0.05, 0) is 41.7 Å². The van der Waals surface area contributed by atoms with Crippen molar-refractivity contribution in [1.82, 2.24) is 0 Å². The highest BCUT2D eigenvalue weighted by atomic mass is 16.4. The van der Waals surface area contributed by atoms with Gasteiger partial charge < -0.3 is 10.4 Å². The fourth-order valence-corrected chi connectivity index (χ4v) is 2.65. The number of nitrogens with one attached hydrogen (secondary N) is 1. The van der Waals surface area contributed by atoms with E-state index in [1.165, 1.54) is 0 Å². The molecule has 23 heavy (non-hydrogen) atoms. The zero-order chi connectivity index (χ0) is 16.3. The molecular formula is C19H18N2O2. The average Bonchev–Trinajstić information content (AvgIpc) is 3.35. The van der Waals surface area contributed by atoms with Gasteiger partial charge in [-0.25, -0.2) is 0 Å². The van der Waals surface area contributed by atoms with Gasteiger partial charge in [-0.2, -0.15) is 5.26 Å². The molecule has 1 fully saturated rings. The molecule has 2 aromatic carbocycles. The summed E-state index contributed by atoms with van der Waals surface area (Å²) in [6.07, 6.45) is 1.97. The van der Waals surface area contributed by atoms with Crippen LogP contribution in [-0.4, -0.2) is 11.1 Å². The Hall–Kier alpha value is -2.80. The van der Waals surface area contributed by atoms with Crippen molar-refractivity contribution in [3.63, 3.8) is 0 Å². The fourth-order valence-electron chi connectivity index (χ4n) is 2.65. The van der Waals surface area contributed by atoms with Gasteiger partial charge in [-0.15, -0.1) is 0 Å². The molecule has 2 N–H and O–H groups in total. The van der Waals surface area contributed by atoms with E-state index in [0.29, 0.717) is 6.54 Å². The molecule has 0 atom stereocenters. The van der Waals surface area contributed by atoms with Crippen molar-refractivity contribution >= 4 is 11.7 Å². The molecule has 1 aliphatic carbocycles. The fraction of sp³-hybridized carbons (Fsp3) is 0.263. The number of carbonyl (C=O) groups is 1. The summed E-state index contributed by atoms with van der Waals surface area (Å²) in [6, 6.07) is 18.0. The second kappa shape index (κ2) is 6.13. The van der Waals surface area contributed by atoms with Crippen LogP contribution in [0.25, 0.3) is 0 Å². The SMILES string of the molecule is N#CC1(c2ccc(CNc3ccc(CC(=O)O)cc3)cc2)CC1. The topological polar surface area (TPSA) is 73.1 Å². The van der Waals surface area contributed by atoms with Gasteiger partial charge in [0.2, 0.25) is 0 Å². The van der Waals surface area contributed by atoms with E-state index in [1.807, 2.05) is 36.4 Å². The van der Waals surface area contributed by atoms with Crippen LogP contribution in [0.3, 0.4) is 0 Å². The predicted octanol–water partition coefficient (Wildman–Crippen LogP) is 3.48. The first-order valence-corrected chi connectivity index (χ1v) is 7.67. The molecule has 1 aliphatic rings. The van der Waals surface area contributed by atoms with Crippen LogP contribution in [-0.2, 0) is 23.2 Å². The molecule has 4 nitrogen and oxygen atoms in total. The molecule has 0 spiro atoms. The lowest BCUT2D eigenvalue weighted by Gasteiger charge is -2.10. The third-order valence-corrected chi connectivity index (χ3v) is 4.28. The van der Waals surface area contributed by atoms with E-state index < -0.39 is 5.97 Å². The van der Waals surface area contributed by atoms with E-state index in [1.54, 1.807) is 0 Å². The van der Waals surface area contributed by atoms with E-state index in [0.717, 1.165) is 35.2 Å². The highest BCUT2D eigenvalue weighted by molar-refractivity contribution is 5.70. The summed E-state index contributed by atoms with van der Waals surface area (Å²) in [5, 5.41) is 21.3. The maximum Gasteiger partial charge on any atom is 0.307 e. The van der Waals surface area contributed by atoms with Crippen LogP contribution in [0.5, 0.6) is 0 Å². The van der Waals surface area contributed by atoms with Gasteiger partial charge in [0.1, 0.15) is 0 Å². The van der Waals surface area contributed by atoms with E-state index in [-0.39, 0.29) is 11.8 Å². The van der Waals surface area contributed by atoms with Crippen molar-refractivity contribution in [2.75, 3.05) is 5.32 Å². The number of carboxylic acid groups (broad SMARTS) is 1. The van der Waals surface area contributed by atoms with Crippen molar-refractivity contribution in [2.45, 2.75) is 31.2 Å². The molecule has 0 unspecified atom stereocenters. The van der Waals surface area contributed by atoms with E-state index in [4.69, 9.17) is 5.11 Å². The maximum absolute atomic E-state index is 10.7. The van der Waals surface area contributed by atoms with Crippen LogP contribution in [0.4, 0.5) is 5.69 Å². The molecule has 4 heteroatoms. The summed E-state index contributed by atoms with van der Waals surface area (Å²) in [6.45, 7) is 0.693. The number of carboxylic acids is 1. The van der Waals surface area contributed by atoms with Gasteiger partial charge in [0.05, 0.1) is 17.9 Å². The Kier molecular flexibility index (Phi) is 4.03. The van der Waals surface area contributed by atoms with Crippen LogP contribution in [0.15, 0.2) is 48.5 Å². The van der Waals surface area contributed by atoms with E-state index in [2.05, 4.69) is 23.5 Å². The monoisotopic (exact) mass is 306 g/mol. The van der Waals surface area contributed by atoms with Gasteiger partial charge in [-0.3, -0.25) is 4.79 Å². The number of hydrogen-bond acceptors (Lipinski definition) is 3. The van der Waals surface area contributed by atoms with E-state index >= 15 is 0 Å². The minimum absolute atomic E-state index is 0.0440. The molecule has 1 saturated carbocycles. The Labute approximate surface area is 135 Å².